The molecule has 0 fully saturated rings. The van der Waals surface area contributed by atoms with E-state index >= 15 is 0 Å². The summed E-state index contributed by atoms with van der Waals surface area (Å²) in [5.74, 6) is 1.94. The highest BCUT2D eigenvalue weighted by Crippen LogP contribution is 2.29. The lowest BCUT2D eigenvalue weighted by Crippen LogP contribution is -2.21. The van der Waals surface area contributed by atoms with Crippen molar-refractivity contribution in [3.8, 4) is 11.6 Å². The lowest BCUT2D eigenvalue weighted by molar-refractivity contribution is 0.453. The highest BCUT2D eigenvalue weighted by atomic mass is 16.5. The Bertz CT molecular complexity index is 562. The number of aromatic nitrogens is 1. The topological polar surface area (TPSA) is 34.1 Å². The first-order chi connectivity index (χ1) is 10.1. The molecule has 2 rings (SSSR count). The van der Waals surface area contributed by atoms with Crippen molar-refractivity contribution in [3.63, 3.8) is 0 Å². The summed E-state index contributed by atoms with van der Waals surface area (Å²) in [6, 6.07) is 12.6. The van der Waals surface area contributed by atoms with Crippen molar-refractivity contribution >= 4 is 0 Å². The van der Waals surface area contributed by atoms with E-state index in [1.807, 2.05) is 30.5 Å². The molecule has 0 radical (unpaired) electrons. The molecule has 1 aromatic carbocycles. The van der Waals surface area contributed by atoms with E-state index in [2.05, 4.69) is 50.1 Å². The summed E-state index contributed by atoms with van der Waals surface area (Å²) >= 11 is 0. The molecule has 3 heteroatoms. The fourth-order valence-electron chi connectivity index (χ4n) is 2.06. The highest BCUT2D eigenvalue weighted by Gasteiger charge is 2.08. The Kier molecular flexibility index (Phi) is 5.34. The van der Waals surface area contributed by atoms with E-state index in [4.69, 9.17) is 4.74 Å². The van der Waals surface area contributed by atoms with Crippen LogP contribution in [0.25, 0.3) is 0 Å². The van der Waals surface area contributed by atoms with E-state index in [0.29, 0.717) is 17.8 Å². The zero-order valence-electron chi connectivity index (χ0n) is 13.3. The standard InChI is InChI=1S/C18H24N2O/c1-13(2)16-7-5-6-8-17(16)21-18-10-9-15(12-20-18)11-19-14(3)4/h5-10,12-14,19H,11H2,1-4H3. The van der Waals surface area contributed by atoms with Gasteiger partial charge in [0.05, 0.1) is 0 Å². The number of nitrogens with zero attached hydrogens (tertiary/aromatic N) is 1. The SMILES string of the molecule is CC(C)NCc1ccc(Oc2ccccc2C(C)C)nc1. The third-order valence-corrected chi connectivity index (χ3v) is 3.27. The maximum atomic E-state index is 5.92. The van der Waals surface area contributed by atoms with E-state index < -0.39 is 0 Å². The van der Waals surface area contributed by atoms with Crippen LogP contribution in [0.1, 0.15) is 44.7 Å². The molecule has 3 nitrogen and oxygen atoms in total. The molecule has 0 bridgehead atoms. The fourth-order valence-corrected chi connectivity index (χ4v) is 2.06. The second-order valence-electron chi connectivity index (χ2n) is 5.83. The molecule has 0 unspecified atom stereocenters. The van der Waals surface area contributed by atoms with Gasteiger partial charge in [-0.05, 0) is 23.1 Å². The van der Waals surface area contributed by atoms with Gasteiger partial charge in [0.15, 0.2) is 0 Å². The molecule has 0 spiro atoms. The molecule has 21 heavy (non-hydrogen) atoms. The van der Waals surface area contributed by atoms with Crippen molar-refractivity contribution in [1.29, 1.82) is 0 Å². The molecule has 0 aliphatic heterocycles. The average molecular weight is 284 g/mol. The van der Waals surface area contributed by atoms with E-state index in [9.17, 15) is 0 Å². The zero-order valence-corrected chi connectivity index (χ0v) is 13.3. The minimum Gasteiger partial charge on any atom is -0.439 e. The summed E-state index contributed by atoms with van der Waals surface area (Å²) in [5, 5.41) is 3.37. The Morgan fingerprint density at radius 3 is 2.43 bits per heavy atom. The lowest BCUT2D eigenvalue weighted by atomic mass is 10.0. The van der Waals surface area contributed by atoms with Crippen molar-refractivity contribution in [2.75, 3.05) is 0 Å². The van der Waals surface area contributed by atoms with Crippen LogP contribution in [-0.2, 0) is 6.54 Å². The largest absolute Gasteiger partial charge is 0.439 e. The number of pyridine rings is 1. The van der Waals surface area contributed by atoms with Crippen LogP contribution in [-0.4, -0.2) is 11.0 Å². The van der Waals surface area contributed by atoms with Crippen LogP contribution < -0.4 is 10.1 Å². The lowest BCUT2D eigenvalue weighted by Gasteiger charge is -2.13. The van der Waals surface area contributed by atoms with E-state index in [0.717, 1.165) is 17.9 Å². The van der Waals surface area contributed by atoms with E-state index in [-0.39, 0.29) is 0 Å². The second kappa shape index (κ2) is 7.23. The summed E-state index contributed by atoms with van der Waals surface area (Å²) in [6.45, 7) is 9.42. The normalized spacial score (nSPS) is 11.1. The van der Waals surface area contributed by atoms with Crippen LogP contribution in [0, 0.1) is 0 Å². The van der Waals surface area contributed by atoms with Crippen LogP contribution >= 0.6 is 0 Å². The average Bonchev–Trinajstić information content (AvgIpc) is 2.47. The number of para-hydroxylation sites is 1. The van der Waals surface area contributed by atoms with Gasteiger partial charge in [-0.25, -0.2) is 4.98 Å². The van der Waals surface area contributed by atoms with Crippen LogP contribution in [0.3, 0.4) is 0 Å². The number of nitrogens with one attached hydrogen (secondary N) is 1. The van der Waals surface area contributed by atoms with Gasteiger partial charge in [0.25, 0.3) is 0 Å². The van der Waals surface area contributed by atoms with Crippen LogP contribution in [0.15, 0.2) is 42.6 Å². The Hall–Kier alpha value is -1.87. The molecule has 0 aliphatic rings. The van der Waals surface area contributed by atoms with Gasteiger partial charge >= 0.3 is 0 Å². The quantitative estimate of drug-likeness (QED) is 0.848. The third-order valence-electron chi connectivity index (χ3n) is 3.27. The molecular weight excluding hydrogens is 260 g/mol. The molecule has 0 amide bonds. The van der Waals surface area contributed by atoms with Crippen molar-refractivity contribution in [2.45, 2.75) is 46.2 Å². The van der Waals surface area contributed by atoms with Gasteiger partial charge in [-0.1, -0.05) is 52.0 Å². The number of benzene rings is 1. The van der Waals surface area contributed by atoms with Gasteiger partial charge < -0.3 is 10.1 Å². The Morgan fingerprint density at radius 1 is 1.05 bits per heavy atom. The first-order valence-corrected chi connectivity index (χ1v) is 7.51. The van der Waals surface area contributed by atoms with Crippen LogP contribution in [0.2, 0.25) is 0 Å². The smallest absolute Gasteiger partial charge is 0.219 e. The molecule has 0 saturated carbocycles. The Morgan fingerprint density at radius 2 is 1.81 bits per heavy atom. The predicted octanol–water partition coefficient (Wildman–Crippen LogP) is 4.50. The van der Waals surface area contributed by atoms with Gasteiger partial charge in [0.1, 0.15) is 5.75 Å². The van der Waals surface area contributed by atoms with Crippen molar-refractivity contribution < 1.29 is 4.74 Å². The summed E-state index contributed by atoms with van der Waals surface area (Å²) in [6.07, 6.45) is 1.86. The van der Waals surface area contributed by atoms with E-state index in [1.54, 1.807) is 0 Å². The fraction of sp³-hybridized carbons (Fsp3) is 0.389. The minimum atomic E-state index is 0.427. The van der Waals surface area contributed by atoms with E-state index in [1.165, 1.54) is 5.56 Å². The predicted molar refractivity (Wildman–Crippen MR) is 86.8 cm³/mol. The van der Waals surface area contributed by atoms with Crippen molar-refractivity contribution in [1.82, 2.24) is 10.3 Å². The molecular formula is C18H24N2O. The molecule has 0 atom stereocenters. The van der Waals surface area contributed by atoms with Crippen LogP contribution in [0.5, 0.6) is 11.6 Å². The van der Waals surface area contributed by atoms with Gasteiger partial charge in [-0.15, -0.1) is 0 Å². The monoisotopic (exact) mass is 284 g/mol. The molecule has 1 N–H and O–H groups in total. The highest BCUT2D eigenvalue weighted by molar-refractivity contribution is 5.38. The number of ether oxygens (including phenoxy) is 1. The maximum absolute atomic E-state index is 5.92. The van der Waals surface area contributed by atoms with Gasteiger partial charge in [-0.2, -0.15) is 0 Å². The number of rotatable bonds is 6. The third kappa shape index (κ3) is 4.57. The Balaban J connectivity index is 2.07. The Labute approximate surface area is 127 Å². The first-order valence-electron chi connectivity index (χ1n) is 7.51. The molecule has 2 aromatic rings. The number of hydrogen-bond donors (Lipinski definition) is 1. The summed E-state index contributed by atoms with van der Waals surface area (Å²) < 4.78 is 5.92. The van der Waals surface area contributed by atoms with Gasteiger partial charge in [-0.3, -0.25) is 0 Å². The van der Waals surface area contributed by atoms with Crippen molar-refractivity contribution in [3.05, 3.63) is 53.7 Å². The first kappa shape index (κ1) is 15.5. The van der Waals surface area contributed by atoms with Gasteiger partial charge in [0, 0.05) is 24.8 Å². The molecule has 1 heterocycles. The summed E-state index contributed by atoms with van der Waals surface area (Å²) in [5.41, 5.74) is 2.36. The molecule has 112 valence electrons. The molecule has 1 aromatic heterocycles. The maximum Gasteiger partial charge on any atom is 0.219 e. The summed E-state index contributed by atoms with van der Waals surface area (Å²) in [4.78, 5) is 4.39. The number of hydrogen-bond acceptors (Lipinski definition) is 3. The molecule has 0 saturated heterocycles. The minimum absolute atomic E-state index is 0.427. The van der Waals surface area contributed by atoms with Crippen LogP contribution in [0.4, 0.5) is 0 Å². The zero-order chi connectivity index (χ0) is 15.2. The molecule has 0 aliphatic carbocycles. The van der Waals surface area contributed by atoms with Gasteiger partial charge in [0.2, 0.25) is 5.88 Å². The van der Waals surface area contributed by atoms with Crippen molar-refractivity contribution in [2.24, 2.45) is 0 Å². The second-order valence-corrected chi connectivity index (χ2v) is 5.83. The summed E-state index contributed by atoms with van der Waals surface area (Å²) in [7, 11) is 0.